The molecule has 0 spiro atoms. The van der Waals surface area contributed by atoms with Gasteiger partial charge in [0.05, 0.1) is 12.5 Å². The number of halogens is 2. The molecule has 0 N–H and O–H groups in total. The molecule has 110 valence electrons. The number of esters is 1. The van der Waals surface area contributed by atoms with Crippen molar-refractivity contribution >= 4 is 21.9 Å². The lowest BCUT2D eigenvalue weighted by Crippen LogP contribution is -2.36. The quantitative estimate of drug-likeness (QED) is 0.785. The van der Waals surface area contributed by atoms with E-state index in [0.717, 1.165) is 36.0 Å². The van der Waals surface area contributed by atoms with Gasteiger partial charge in [-0.15, -0.1) is 0 Å². The molecule has 1 saturated heterocycles. The average molecular weight is 344 g/mol. The highest BCUT2D eigenvalue weighted by Crippen LogP contribution is 2.24. The molecule has 1 aliphatic rings. The van der Waals surface area contributed by atoms with E-state index in [-0.39, 0.29) is 17.7 Å². The van der Waals surface area contributed by atoms with Crippen LogP contribution >= 0.6 is 15.9 Å². The first-order valence-electron chi connectivity index (χ1n) is 6.93. The number of hydrogen-bond acceptors (Lipinski definition) is 3. The Bertz CT molecular complexity index is 473. The van der Waals surface area contributed by atoms with E-state index in [1.807, 2.05) is 6.92 Å². The van der Waals surface area contributed by atoms with Crippen LogP contribution in [0.25, 0.3) is 0 Å². The fourth-order valence-corrected chi connectivity index (χ4v) is 2.86. The molecule has 5 heteroatoms. The van der Waals surface area contributed by atoms with Crippen LogP contribution in [-0.4, -0.2) is 30.6 Å². The Morgan fingerprint density at radius 3 is 2.80 bits per heavy atom. The minimum absolute atomic E-state index is 0.0159. The van der Waals surface area contributed by atoms with Crippen molar-refractivity contribution in [1.82, 2.24) is 4.90 Å². The molecular formula is C15H19BrFNO2. The molecule has 0 radical (unpaired) electrons. The van der Waals surface area contributed by atoms with E-state index < -0.39 is 0 Å². The van der Waals surface area contributed by atoms with Gasteiger partial charge in [0, 0.05) is 11.0 Å². The van der Waals surface area contributed by atoms with Crippen LogP contribution in [0.1, 0.15) is 25.3 Å². The largest absolute Gasteiger partial charge is 0.466 e. The van der Waals surface area contributed by atoms with Crippen LogP contribution in [-0.2, 0) is 16.1 Å². The second-order valence-corrected chi connectivity index (χ2v) is 5.89. The molecule has 20 heavy (non-hydrogen) atoms. The van der Waals surface area contributed by atoms with Crippen LogP contribution in [0, 0.1) is 11.7 Å². The molecule has 1 fully saturated rings. The first-order valence-corrected chi connectivity index (χ1v) is 7.72. The number of carbonyl (C=O) groups excluding carboxylic acids is 1. The normalized spacial score (nSPS) is 17.1. The molecule has 1 heterocycles. The first-order chi connectivity index (χ1) is 9.60. The predicted octanol–water partition coefficient (Wildman–Crippen LogP) is 3.36. The average Bonchev–Trinajstić information content (AvgIpc) is 2.44. The van der Waals surface area contributed by atoms with Crippen LogP contribution in [0.5, 0.6) is 0 Å². The van der Waals surface area contributed by atoms with E-state index in [9.17, 15) is 9.18 Å². The Morgan fingerprint density at radius 1 is 1.45 bits per heavy atom. The fourth-order valence-electron chi connectivity index (χ4n) is 2.49. The summed E-state index contributed by atoms with van der Waals surface area (Å²) in [4.78, 5) is 13.9. The van der Waals surface area contributed by atoms with Crippen molar-refractivity contribution in [2.45, 2.75) is 26.3 Å². The second-order valence-electron chi connectivity index (χ2n) is 5.04. The number of carbonyl (C=O) groups is 1. The number of nitrogens with zero attached hydrogens (tertiary/aromatic N) is 1. The van der Waals surface area contributed by atoms with Crippen LogP contribution in [0.3, 0.4) is 0 Å². The van der Waals surface area contributed by atoms with E-state index >= 15 is 0 Å². The van der Waals surface area contributed by atoms with E-state index in [1.54, 1.807) is 12.1 Å². The van der Waals surface area contributed by atoms with Crippen molar-refractivity contribution in [3.8, 4) is 0 Å². The summed E-state index contributed by atoms with van der Waals surface area (Å²) in [6.45, 7) is 4.65. The Hall–Kier alpha value is -0.940. The summed E-state index contributed by atoms with van der Waals surface area (Å²) in [5.41, 5.74) is 0.944. The number of likely N-dealkylation sites (tertiary alicyclic amines) is 1. The van der Waals surface area contributed by atoms with E-state index in [2.05, 4.69) is 20.8 Å². The van der Waals surface area contributed by atoms with Gasteiger partial charge >= 0.3 is 5.97 Å². The number of benzene rings is 1. The molecule has 0 saturated carbocycles. The zero-order chi connectivity index (χ0) is 14.5. The van der Waals surface area contributed by atoms with Crippen molar-refractivity contribution in [2.75, 3.05) is 19.7 Å². The Labute approximate surface area is 127 Å². The molecule has 0 aliphatic carbocycles. The van der Waals surface area contributed by atoms with Crippen LogP contribution < -0.4 is 0 Å². The highest BCUT2D eigenvalue weighted by Gasteiger charge is 2.26. The van der Waals surface area contributed by atoms with Crippen molar-refractivity contribution in [3.63, 3.8) is 0 Å². The third-order valence-electron chi connectivity index (χ3n) is 3.61. The summed E-state index contributed by atoms with van der Waals surface area (Å²) in [6, 6.07) is 4.73. The smallest absolute Gasteiger partial charge is 0.309 e. The minimum atomic E-state index is -0.218. The van der Waals surface area contributed by atoms with E-state index in [0.29, 0.717) is 13.2 Å². The Balaban J connectivity index is 1.88. The summed E-state index contributed by atoms with van der Waals surface area (Å²) >= 11 is 3.45. The number of hydrogen-bond donors (Lipinski definition) is 0. The SMILES string of the molecule is CCOC(=O)C1CCN(Cc2cc(F)ccc2Br)CC1. The highest BCUT2D eigenvalue weighted by molar-refractivity contribution is 9.10. The molecule has 1 aliphatic heterocycles. The predicted molar refractivity (Wildman–Crippen MR) is 78.7 cm³/mol. The monoisotopic (exact) mass is 343 g/mol. The van der Waals surface area contributed by atoms with Crippen LogP contribution in [0.4, 0.5) is 4.39 Å². The maximum atomic E-state index is 13.3. The maximum absolute atomic E-state index is 13.3. The van der Waals surface area contributed by atoms with Gasteiger partial charge in [-0.1, -0.05) is 15.9 Å². The lowest BCUT2D eigenvalue weighted by molar-refractivity contribution is -0.149. The van der Waals surface area contributed by atoms with Gasteiger partial charge in [-0.05, 0) is 56.6 Å². The molecule has 1 aromatic rings. The molecule has 0 atom stereocenters. The first kappa shape index (κ1) is 15.4. The van der Waals surface area contributed by atoms with Gasteiger partial charge in [0.25, 0.3) is 0 Å². The van der Waals surface area contributed by atoms with Gasteiger partial charge in [0.2, 0.25) is 0 Å². The number of rotatable bonds is 4. The Kier molecular flexibility index (Phi) is 5.54. The summed E-state index contributed by atoms with van der Waals surface area (Å²) in [7, 11) is 0. The van der Waals surface area contributed by atoms with Crippen molar-refractivity contribution < 1.29 is 13.9 Å². The molecule has 2 rings (SSSR count). The molecule has 0 aromatic heterocycles. The Morgan fingerprint density at radius 2 is 2.15 bits per heavy atom. The zero-order valence-electron chi connectivity index (χ0n) is 11.6. The second kappa shape index (κ2) is 7.18. The molecular weight excluding hydrogens is 325 g/mol. The van der Waals surface area contributed by atoms with Crippen molar-refractivity contribution in [1.29, 1.82) is 0 Å². The van der Waals surface area contributed by atoms with Gasteiger partial charge in [-0.2, -0.15) is 0 Å². The van der Waals surface area contributed by atoms with E-state index in [4.69, 9.17) is 4.74 Å². The van der Waals surface area contributed by atoms with Crippen LogP contribution in [0.15, 0.2) is 22.7 Å². The van der Waals surface area contributed by atoms with Gasteiger partial charge in [-0.3, -0.25) is 9.69 Å². The number of ether oxygens (including phenoxy) is 1. The fraction of sp³-hybridized carbons (Fsp3) is 0.533. The van der Waals surface area contributed by atoms with Gasteiger partial charge in [0.1, 0.15) is 5.82 Å². The minimum Gasteiger partial charge on any atom is -0.466 e. The lowest BCUT2D eigenvalue weighted by Gasteiger charge is -2.31. The van der Waals surface area contributed by atoms with Crippen molar-refractivity contribution in [2.24, 2.45) is 5.92 Å². The summed E-state index contributed by atoms with van der Waals surface area (Å²) in [6.07, 6.45) is 1.62. The van der Waals surface area contributed by atoms with E-state index in [1.165, 1.54) is 6.07 Å². The number of piperidine rings is 1. The zero-order valence-corrected chi connectivity index (χ0v) is 13.2. The standard InChI is InChI=1S/C15H19BrFNO2/c1-2-20-15(19)11-5-7-18(8-6-11)10-12-9-13(17)3-4-14(12)16/h3-4,9,11H,2,5-8,10H2,1H3. The van der Waals surface area contributed by atoms with Gasteiger partial charge in [0.15, 0.2) is 0 Å². The third-order valence-corrected chi connectivity index (χ3v) is 4.38. The third kappa shape index (κ3) is 4.03. The summed E-state index contributed by atoms with van der Waals surface area (Å²) in [5.74, 6) is -0.286. The topological polar surface area (TPSA) is 29.5 Å². The molecule has 3 nitrogen and oxygen atoms in total. The molecule has 0 amide bonds. The van der Waals surface area contributed by atoms with Gasteiger partial charge < -0.3 is 4.74 Å². The summed E-state index contributed by atoms with van der Waals surface area (Å²) in [5, 5.41) is 0. The molecule has 1 aromatic carbocycles. The lowest BCUT2D eigenvalue weighted by atomic mass is 9.96. The van der Waals surface area contributed by atoms with Crippen LogP contribution in [0.2, 0.25) is 0 Å². The maximum Gasteiger partial charge on any atom is 0.309 e. The van der Waals surface area contributed by atoms with Gasteiger partial charge in [-0.25, -0.2) is 4.39 Å². The highest BCUT2D eigenvalue weighted by atomic mass is 79.9. The summed E-state index contributed by atoms with van der Waals surface area (Å²) < 4.78 is 19.2. The molecule has 0 bridgehead atoms. The van der Waals surface area contributed by atoms with Crippen molar-refractivity contribution in [3.05, 3.63) is 34.1 Å². The molecule has 0 unspecified atom stereocenters.